The van der Waals surface area contributed by atoms with Crippen LogP contribution >= 0.6 is 0 Å². The zero-order chi connectivity index (χ0) is 18.1. The Balaban J connectivity index is 1.33. The zero-order valence-electron chi connectivity index (χ0n) is 15.3. The fraction of sp³-hybridized carbons (Fsp3) is 0.500. The largest absolute Gasteiger partial charge is 0.464 e. The van der Waals surface area contributed by atoms with E-state index in [0.29, 0.717) is 6.04 Å². The van der Waals surface area contributed by atoms with E-state index < -0.39 is 0 Å². The fourth-order valence-electron chi connectivity index (χ4n) is 4.14. The van der Waals surface area contributed by atoms with E-state index in [4.69, 9.17) is 4.42 Å². The smallest absolute Gasteiger partial charge is 0.135 e. The molecule has 0 bridgehead atoms. The first-order chi connectivity index (χ1) is 12.6. The monoisotopic (exact) mass is 354 g/mol. The second kappa shape index (κ2) is 7.21. The summed E-state index contributed by atoms with van der Waals surface area (Å²) in [7, 11) is 1.96. The molecule has 1 aromatic carbocycles. The molecular formula is C20H26N4O2. The molecule has 1 unspecified atom stereocenters. The van der Waals surface area contributed by atoms with Gasteiger partial charge < -0.3 is 19.4 Å². The van der Waals surface area contributed by atoms with Crippen molar-refractivity contribution in [2.45, 2.75) is 44.2 Å². The number of rotatable bonds is 6. The molecule has 6 nitrogen and oxygen atoms in total. The minimum absolute atomic E-state index is 0.250. The SMILES string of the molecule is CC(Cc1coc2ccccc12)NC[C@H]1C[C@H](c2nncn2C)C[C@H]1O. The van der Waals surface area contributed by atoms with E-state index in [1.54, 1.807) is 6.33 Å². The molecule has 2 heterocycles. The maximum atomic E-state index is 10.4. The van der Waals surface area contributed by atoms with Crippen molar-refractivity contribution < 1.29 is 9.52 Å². The van der Waals surface area contributed by atoms with Crippen LogP contribution in [0.1, 0.15) is 37.1 Å². The van der Waals surface area contributed by atoms with Crippen molar-refractivity contribution in [3.05, 3.63) is 48.2 Å². The Morgan fingerprint density at radius 1 is 1.35 bits per heavy atom. The van der Waals surface area contributed by atoms with E-state index in [0.717, 1.165) is 37.2 Å². The van der Waals surface area contributed by atoms with Gasteiger partial charge in [-0.05, 0) is 43.7 Å². The number of aryl methyl sites for hydroxylation is 1. The topological polar surface area (TPSA) is 76.1 Å². The van der Waals surface area contributed by atoms with Crippen LogP contribution in [0.4, 0.5) is 0 Å². The van der Waals surface area contributed by atoms with Gasteiger partial charge in [0.05, 0.1) is 12.4 Å². The summed E-state index contributed by atoms with van der Waals surface area (Å²) in [6, 6.07) is 8.45. The highest BCUT2D eigenvalue weighted by Crippen LogP contribution is 2.37. The molecule has 6 heteroatoms. The van der Waals surface area contributed by atoms with Gasteiger partial charge in [0.15, 0.2) is 0 Å². The molecule has 3 aromatic rings. The van der Waals surface area contributed by atoms with Gasteiger partial charge in [-0.15, -0.1) is 10.2 Å². The van der Waals surface area contributed by atoms with Gasteiger partial charge in [0.25, 0.3) is 0 Å². The molecule has 4 rings (SSSR count). The number of aliphatic hydroxyl groups excluding tert-OH is 1. The predicted octanol–water partition coefficient (Wildman–Crippen LogP) is 2.64. The molecule has 0 radical (unpaired) electrons. The molecule has 4 atom stereocenters. The highest BCUT2D eigenvalue weighted by atomic mass is 16.3. The van der Waals surface area contributed by atoms with E-state index in [1.165, 1.54) is 10.9 Å². The normalized spacial score (nSPS) is 24.3. The quantitative estimate of drug-likeness (QED) is 0.712. The molecule has 138 valence electrons. The second-order valence-corrected chi connectivity index (χ2v) is 7.57. The van der Waals surface area contributed by atoms with Crippen molar-refractivity contribution >= 4 is 11.0 Å². The number of fused-ring (bicyclic) bond motifs is 1. The van der Waals surface area contributed by atoms with E-state index in [2.05, 4.69) is 28.5 Å². The number of para-hydroxylation sites is 1. The van der Waals surface area contributed by atoms with Crippen molar-refractivity contribution in [2.75, 3.05) is 6.54 Å². The third kappa shape index (κ3) is 3.39. The molecule has 0 saturated heterocycles. The van der Waals surface area contributed by atoms with Crippen molar-refractivity contribution in [1.29, 1.82) is 0 Å². The minimum Gasteiger partial charge on any atom is -0.464 e. The summed E-state index contributed by atoms with van der Waals surface area (Å²) >= 11 is 0. The maximum absolute atomic E-state index is 10.4. The van der Waals surface area contributed by atoms with Crippen LogP contribution in [0.3, 0.4) is 0 Å². The Morgan fingerprint density at radius 3 is 3.00 bits per heavy atom. The molecule has 0 aliphatic heterocycles. The number of benzene rings is 1. The lowest BCUT2D eigenvalue weighted by Crippen LogP contribution is -2.35. The first-order valence-electron chi connectivity index (χ1n) is 9.32. The second-order valence-electron chi connectivity index (χ2n) is 7.57. The van der Waals surface area contributed by atoms with Gasteiger partial charge in [0.1, 0.15) is 17.7 Å². The van der Waals surface area contributed by atoms with Gasteiger partial charge in [-0.25, -0.2) is 0 Å². The molecule has 26 heavy (non-hydrogen) atoms. The molecular weight excluding hydrogens is 328 g/mol. The Morgan fingerprint density at radius 2 is 2.19 bits per heavy atom. The molecule has 1 aliphatic rings. The van der Waals surface area contributed by atoms with E-state index >= 15 is 0 Å². The molecule has 1 saturated carbocycles. The van der Waals surface area contributed by atoms with Crippen molar-refractivity contribution in [3.63, 3.8) is 0 Å². The van der Waals surface area contributed by atoms with E-state index in [9.17, 15) is 5.11 Å². The standard InChI is InChI=1S/C20H26N4O2/c1-13(7-16-11-26-19-6-4-3-5-17(16)19)21-10-15-8-14(9-18(15)25)20-23-22-12-24(20)2/h3-6,11-15,18,21,25H,7-10H2,1-2H3/t13?,14-,15+,18+/m0/s1. The maximum Gasteiger partial charge on any atom is 0.135 e. The van der Waals surface area contributed by atoms with Gasteiger partial charge >= 0.3 is 0 Å². The molecule has 2 N–H and O–H groups in total. The first kappa shape index (κ1) is 17.2. The summed E-state index contributed by atoms with van der Waals surface area (Å²) in [6.45, 7) is 3.00. The van der Waals surface area contributed by atoms with Crippen LogP contribution in [0.15, 0.2) is 41.3 Å². The van der Waals surface area contributed by atoms with Crippen LogP contribution in [0.2, 0.25) is 0 Å². The number of nitrogens with one attached hydrogen (secondary N) is 1. The molecule has 0 amide bonds. The average molecular weight is 354 g/mol. The van der Waals surface area contributed by atoms with Gasteiger partial charge in [-0.3, -0.25) is 0 Å². The third-order valence-electron chi connectivity index (χ3n) is 5.58. The Kier molecular flexibility index (Phi) is 4.78. The lowest BCUT2D eigenvalue weighted by molar-refractivity contribution is 0.129. The zero-order valence-corrected chi connectivity index (χ0v) is 15.3. The Bertz CT molecular complexity index is 871. The lowest BCUT2D eigenvalue weighted by Gasteiger charge is -2.19. The molecule has 0 spiro atoms. The number of nitrogens with zero attached hydrogens (tertiary/aromatic N) is 3. The van der Waals surface area contributed by atoms with E-state index in [-0.39, 0.29) is 17.9 Å². The van der Waals surface area contributed by atoms with Crippen LogP contribution in [0, 0.1) is 5.92 Å². The molecule has 1 aliphatic carbocycles. The highest BCUT2D eigenvalue weighted by molar-refractivity contribution is 5.80. The van der Waals surface area contributed by atoms with Gasteiger partial charge in [-0.2, -0.15) is 0 Å². The molecule has 1 fully saturated rings. The van der Waals surface area contributed by atoms with Crippen LogP contribution in [-0.4, -0.2) is 38.6 Å². The number of aliphatic hydroxyl groups is 1. The van der Waals surface area contributed by atoms with Crippen LogP contribution in [-0.2, 0) is 13.5 Å². The van der Waals surface area contributed by atoms with Gasteiger partial charge in [-0.1, -0.05) is 18.2 Å². The fourth-order valence-corrected chi connectivity index (χ4v) is 4.14. The summed E-state index contributed by atoms with van der Waals surface area (Å²) in [6.07, 6.45) is 5.92. The minimum atomic E-state index is -0.286. The number of hydrogen-bond acceptors (Lipinski definition) is 5. The van der Waals surface area contributed by atoms with Crippen LogP contribution in [0.5, 0.6) is 0 Å². The van der Waals surface area contributed by atoms with Crippen LogP contribution in [0.25, 0.3) is 11.0 Å². The summed E-state index contributed by atoms with van der Waals surface area (Å²) < 4.78 is 7.59. The average Bonchev–Trinajstić information content (AvgIpc) is 3.33. The highest BCUT2D eigenvalue weighted by Gasteiger charge is 2.35. The number of hydrogen-bond donors (Lipinski definition) is 2. The number of furan rings is 1. The summed E-state index contributed by atoms with van der Waals surface area (Å²) in [5.74, 6) is 1.52. The number of aromatic nitrogens is 3. The Labute approximate surface area is 153 Å². The van der Waals surface area contributed by atoms with Gasteiger partial charge in [0, 0.05) is 30.9 Å². The van der Waals surface area contributed by atoms with Crippen molar-refractivity contribution in [2.24, 2.45) is 13.0 Å². The predicted molar refractivity (Wildman–Crippen MR) is 99.9 cm³/mol. The van der Waals surface area contributed by atoms with Crippen molar-refractivity contribution in [3.8, 4) is 0 Å². The third-order valence-corrected chi connectivity index (χ3v) is 5.58. The van der Waals surface area contributed by atoms with E-state index in [1.807, 2.05) is 36.1 Å². The first-order valence-corrected chi connectivity index (χ1v) is 9.32. The lowest BCUT2D eigenvalue weighted by atomic mass is 10.0. The Hall–Kier alpha value is -2.18. The summed E-state index contributed by atoms with van der Waals surface area (Å²) in [5.41, 5.74) is 2.16. The van der Waals surface area contributed by atoms with Crippen LogP contribution < -0.4 is 5.32 Å². The molecule has 2 aromatic heterocycles. The summed E-state index contributed by atoms with van der Waals surface area (Å²) in [4.78, 5) is 0. The van der Waals surface area contributed by atoms with Crippen molar-refractivity contribution in [1.82, 2.24) is 20.1 Å². The van der Waals surface area contributed by atoms with Gasteiger partial charge in [0.2, 0.25) is 0 Å². The summed E-state index contributed by atoms with van der Waals surface area (Å²) in [5, 5.41) is 23.4.